The van der Waals surface area contributed by atoms with Crippen molar-refractivity contribution in [2.45, 2.75) is 18.9 Å². The second-order valence-electron chi connectivity index (χ2n) is 6.98. The molecule has 3 heterocycles. The van der Waals surface area contributed by atoms with Crippen molar-refractivity contribution in [2.24, 2.45) is 0 Å². The number of carbonyl (C=O) groups excluding carboxylic acids is 1. The van der Waals surface area contributed by atoms with Gasteiger partial charge in [-0.15, -0.1) is 0 Å². The molecule has 2 aromatic carbocycles. The number of rotatable bonds is 5. The summed E-state index contributed by atoms with van der Waals surface area (Å²) >= 11 is 0. The fourth-order valence-electron chi connectivity index (χ4n) is 3.59. The van der Waals surface area contributed by atoms with Crippen molar-refractivity contribution in [3.05, 3.63) is 66.0 Å². The zero-order valence-corrected chi connectivity index (χ0v) is 15.6. The van der Waals surface area contributed by atoms with Gasteiger partial charge in [-0.2, -0.15) is 0 Å². The molecule has 7 heteroatoms. The van der Waals surface area contributed by atoms with Gasteiger partial charge in [0.2, 0.25) is 12.7 Å². The minimum atomic E-state index is -0.115. The van der Waals surface area contributed by atoms with E-state index in [2.05, 4.69) is 15.3 Å². The summed E-state index contributed by atoms with van der Waals surface area (Å²) in [4.78, 5) is 21.0. The van der Waals surface area contributed by atoms with Crippen LogP contribution in [0.25, 0.3) is 11.4 Å². The highest BCUT2D eigenvalue weighted by atomic mass is 16.7. The molecular weight excluding hydrogens is 370 g/mol. The second-order valence-corrected chi connectivity index (χ2v) is 6.98. The summed E-state index contributed by atoms with van der Waals surface area (Å²) in [6, 6.07) is 13.3. The van der Waals surface area contributed by atoms with E-state index < -0.39 is 0 Å². The molecule has 2 aliphatic heterocycles. The average molecular weight is 389 g/mol. The van der Waals surface area contributed by atoms with Crippen molar-refractivity contribution in [3.8, 4) is 28.6 Å². The van der Waals surface area contributed by atoms with Gasteiger partial charge in [0.1, 0.15) is 11.9 Å². The largest absolute Gasteiger partial charge is 0.487 e. The van der Waals surface area contributed by atoms with E-state index in [1.807, 2.05) is 36.4 Å². The van der Waals surface area contributed by atoms with Gasteiger partial charge < -0.3 is 19.5 Å². The first-order valence-corrected chi connectivity index (χ1v) is 9.47. The Morgan fingerprint density at radius 1 is 1.07 bits per heavy atom. The van der Waals surface area contributed by atoms with Crippen LogP contribution in [0.4, 0.5) is 0 Å². The molecule has 0 saturated heterocycles. The fourth-order valence-corrected chi connectivity index (χ4v) is 3.59. The third kappa shape index (κ3) is 3.59. The highest BCUT2D eigenvalue weighted by molar-refractivity contribution is 5.79. The van der Waals surface area contributed by atoms with Gasteiger partial charge in [-0.05, 0) is 35.4 Å². The standard InChI is InChI=1S/C22H19N3O4/c26-20(10-14-5-6-18-19(9-14)28-13-27-18)25-12-16-11-15-3-1-4-17(21(15)29-16)22-23-7-2-8-24-22/h1-9,16H,10-13H2,(H,25,26). The molecular formula is C22H19N3O4. The summed E-state index contributed by atoms with van der Waals surface area (Å²) < 4.78 is 16.8. The molecule has 0 fully saturated rings. The molecule has 29 heavy (non-hydrogen) atoms. The van der Waals surface area contributed by atoms with E-state index in [4.69, 9.17) is 14.2 Å². The number of hydrogen-bond acceptors (Lipinski definition) is 6. The Labute approximate surface area is 167 Å². The van der Waals surface area contributed by atoms with E-state index in [-0.39, 0.29) is 25.2 Å². The molecule has 3 aromatic rings. The van der Waals surface area contributed by atoms with Gasteiger partial charge >= 0.3 is 0 Å². The number of benzene rings is 2. The molecule has 1 amide bonds. The summed E-state index contributed by atoms with van der Waals surface area (Å²) in [7, 11) is 0. The number of aromatic nitrogens is 2. The third-order valence-electron chi connectivity index (χ3n) is 4.96. The van der Waals surface area contributed by atoms with E-state index in [9.17, 15) is 4.79 Å². The van der Waals surface area contributed by atoms with Crippen LogP contribution in [0.3, 0.4) is 0 Å². The lowest BCUT2D eigenvalue weighted by Gasteiger charge is -2.13. The molecule has 5 rings (SSSR count). The SMILES string of the molecule is O=C(Cc1ccc2c(c1)OCO2)NCC1Cc2cccc(-c3ncccn3)c2O1. The third-order valence-corrected chi connectivity index (χ3v) is 4.96. The number of carbonyl (C=O) groups is 1. The number of fused-ring (bicyclic) bond motifs is 2. The average Bonchev–Trinajstić information content (AvgIpc) is 3.38. The van der Waals surface area contributed by atoms with Crippen molar-refractivity contribution in [3.63, 3.8) is 0 Å². The maximum Gasteiger partial charge on any atom is 0.231 e. The first-order chi connectivity index (χ1) is 14.3. The summed E-state index contributed by atoms with van der Waals surface area (Å²) in [5.41, 5.74) is 2.85. The molecule has 1 atom stereocenters. The first-order valence-electron chi connectivity index (χ1n) is 9.47. The monoisotopic (exact) mass is 389 g/mol. The highest BCUT2D eigenvalue weighted by Gasteiger charge is 2.26. The van der Waals surface area contributed by atoms with Crippen molar-refractivity contribution >= 4 is 5.91 Å². The lowest BCUT2D eigenvalue weighted by Crippen LogP contribution is -2.35. The number of hydrogen-bond donors (Lipinski definition) is 1. The Balaban J connectivity index is 1.20. The van der Waals surface area contributed by atoms with Crippen LogP contribution >= 0.6 is 0 Å². The Hall–Kier alpha value is -3.61. The van der Waals surface area contributed by atoms with Crippen LogP contribution < -0.4 is 19.5 Å². The van der Waals surface area contributed by atoms with Crippen molar-refractivity contribution in [2.75, 3.05) is 13.3 Å². The molecule has 1 aromatic heterocycles. The number of ether oxygens (including phenoxy) is 3. The van der Waals surface area contributed by atoms with E-state index in [1.165, 1.54) is 0 Å². The molecule has 0 aliphatic carbocycles. The fraction of sp³-hybridized carbons (Fsp3) is 0.227. The topological polar surface area (TPSA) is 82.6 Å². The van der Waals surface area contributed by atoms with Crippen LogP contribution in [-0.4, -0.2) is 35.3 Å². The van der Waals surface area contributed by atoms with Crippen molar-refractivity contribution in [1.29, 1.82) is 0 Å². The summed E-state index contributed by atoms with van der Waals surface area (Å²) in [5, 5.41) is 2.97. The lowest BCUT2D eigenvalue weighted by molar-refractivity contribution is -0.120. The maximum absolute atomic E-state index is 12.4. The van der Waals surface area contributed by atoms with Crippen LogP contribution in [0.15, 0.2) is 54.9 Å². The predicted octanol–water partition coefficient (Wildman–Crippen LogP) is 2.53. The van der Waals surface area contributed by atoms with Crippen molar-refractivity contribution in [1.82, 2.24) is 15.3 Å². The number of amides is 1. The quantitative estimate of drug-likeness (QED) is 0.722. The smallest absolute Gasteiger partial charge is 0.231 e. The van der Waals surface area contributed by atoms with Gasteiger partial charge in [0.15, 0.2) is 17.3 Å². The molecule has 2 aliphatic rings. The highest BCUT2D eigenvalue weighted by Crippen LogP contribution is 2.37. The van der Waals surface area contributed by atoms with E-state index >= 15 is 0 Å². The summed E-state index contributed by atoms with van der Waals surface area (Å²) in [6.45, 7) is 0.660. The van der Waals surface area contributed by atoms with Crippen LogP contribution in [0.2, 0.25) is 0 Å². The Morgan fingerprint density at radius 2 is 1.93 bits per heavy atom. The minimum absolute atomic E-state index is 0.0602. The lowest BCUT2D eigenvalue weighted by atomic mass is 10.1. The van der Waals surface area contributed by atoms with Gasteiger partial charge in [0.25, 0.3) is 0 Å². The summed E-state index contributed by atoms with van der Waals surface area (Å²) in [6.07, 6.45) is 4.32. The maximum atomic E-state index is 12.4. The first kappa shape index (κ1) is 17.5. The zero-order chi connectivity index (χ0) is 19.6. The zero-order valence-electron chi connectivity index (χ0n) is 15.6. The van der Waals surface area contributed by atoms with Gasteiger partial charge in [0, 0.05) is 18.8 Å². The van der Waals surface area contributed by atoms with Crippen LogP contribution in [0.1, 0.15) is 11.1 Å². The number of nitrogens with one attached hydrogen (secondary N) is 1. The normalized spacial score (nSPS) is 16.2. The molecule has 7 nitrogen and oxygen atoms in total. The Morgan fingerprint density at radius 3 is 2.83 bits per heavy atom. The van der Waals surface area contributed by atoms with E-state index in [0.717, 1.165) is 28.9 Å². The van der Waals surface area contributed by atoms with Gasteiger partial charge in [-0.3, -0.25) is 4.79 Å². The molecule has 0 bridgehead atoms. The second kappa shape index (κ2) is 7.43. The molecule has 1 unspecified atom stereocenters. The Kier molecular flexibility index (Phi) is 4.48. The summed E-state index contributed by atoms with van der Waals surface area (Å²) in [5.74, 6) is 2.77. The molecule has 0 spiro atoms. The van der Waals surface area contributed by atoms with E-state index in [1.54, 1.807) is 18.5 Å². The van der Waals surface area contributed by atoms with Gasteiger partial charge in [0.05, 0.1) is 18.5 Å². The van der Waals surface area contributed by atoms with Gasteiger partial charge in [-0.1, -0.05) is 18.2 Å². The number of nitrogens with zero attached hydrogens (tertiary/aromatic N) is 2. The predicted molar refractivity (Wildman–Crippen MR) is 105 cm³/mol. The molecule has 146 valence electrons. The van der Waals surface area contributed by atoms with Crippen LogP contribution in [0.5, 0.6) is 17.2 Å². The Bertz CT molecular complexity index is 1060. The molecule has 0 saturated carbocycles. The number of para-hydroxylation sites is 1. The molecule has 0 radical (unpaired) electrons. The van der Waals surface area contributed by atoms with Gasteiger partial charge in [-0.25, -0.2) is 9.97 Å². The van der Waals surface area contributed by atoms with Crippen LogP contribution in [-0.2, 0) is 17.6 Å². The molecule has 1 N–H and O–H groups in total. The van der Waals surface area contributed by atoms with E-state index in [0.29, 0.717) is 23.9 Å². The minimum Gasteiger partial charge on any atom is -0.487 e. The van der Waals surface area contributed by atoms with Crippen molar-refractivity contribution < 1.29 is 19.0 Å². The van der Waals surface area contributed by atoms with Crippen LogP contribution in [0, 0.1) is 0 Å².